The summed E-state index contributed by atoms with van der Waals surface area (Å²) >= 11 is -4.36. The van der Waals surface area contributed by atoms with Crippen molar-refractivity contribution < 1.29 is 17.5 Å². The van der Waals surface area contributed by atoms with Crippen LogP contribution in [-0.2, 0) is 23.9 Å². The molecule has 0 bridgehead atoms. The van der Waals surface area contributed by atoms with Gasteiger partial charge in [0.25, 0.3) is 0 Å². The third-order valence-electron chi connectivity index (χ3n) is 5.48. The van der Waals surface area contributed by atoms with Gasteiger partial charge in [-0.25, -0.2) is 0 Å². The standard InChI is InChI=1S/C13H9.C5H11NO.C2H7Si.2ClH.Ti/c1-3-7-12-10(5-1)9-11-6-2-4-8-13(11)12;1-2-3-4-5(6)7;1-3-2;;;/h1-5,7-8H,9H2;2-4H2,1H3,(H2,6,7);3H,1-2H3;2*1H;/q;;;;;+3/p-3. The van der Waals surface area contributed by atoms with Crippen molar-refractivity contribution in [2.45, 2.75) is 45.7 Å². The molecule has 139 valence electrons. The SMILES string of the molecule is CCCCC(=O)[NH][Ti]([Cl])([Cl])([c]1cccc2c1Cc1ccccc1-2)[SiH](C)C. The minimum atomic E-state index is -4.36. The first kappa shape index (κ1) is 20.2. The molecule has 2 nitrogen and oxygen atoms in total. The second-order valence-electron chi connectivity index (χ2n) is 7.55. The second kappa shape index (κ2) is 7.44. The number of hydrogen-bond donors (Lipinski definition) is 1. The number of unbranched alkanes of at least 4 members (excludes halogenated alkanes) is 1. The molecule has 1 aliphatic rings. The summed E-state index contributed by atoms with van der Waals surface area (Å²) in [7, 11) is 14.7. The third-order valence-corrected chi connectivity index (χ3v) is 35.6. The number of rotatable bonds is 6. The third kappa shape index (κ3) is 3.45. The molecular formula is C20H26Cl2NOSiTi. The van der Waals surface area contributed by atoms with E-state index in [1.807, 2.05) is 6.07 Å². The summed E-state index contributed by atoms with van der Waals surface area (Å²) in [6.07, 6.45) is 3.17. The van der Waals surface area contributed by atoms with Crippen LogP contribution >= 0.6 is 18.6 Å². The number of hydrogen-bond acceptors (Lipinski definition) is 1. The summed E-state index contributed by atoms with van der Waals surface area (Å²) < 4.78 is 4.26. The molecule has 0 saturated heterocycles. The van der Waals surface area contributed by atoms with E-state index in [0.717, 1.165) is 23.1 Å². The molecular weight excluding hydrogens is 417 g/mol. The van der Waals surface area contributed by atoms with Crippen LogP contribution in [0.4, 0.5) is 0 Å². The van der Waals surface area contributed by atoms with Crippen molar-refractivity contribution in [3.8, 4) is 11.1 Å². The molecule has 0 radical (unpaired) electrons. The van der Waals surface area contributed by atoms with Crippen LogP contribution in [-0.4, -0.2) is 12.6 Å². The Balaban J connectivity index is 2.09. The molecule has 26 heavy (non-hydrogen) atoms. The van der Waals surface area contributed by atoms with Gasteiger partial charge in [-0.1, -0.05) is 0 Å². The molecule has 0 atom stereocenters. The van der Waals surface area contributed by atoms with Crippen LogP contribution in [0.1, 0.15) is 37.3 Å². The maximum atomic E-state index is 12.6. The number of benzene rings is 2. The van der Waals surface area contributed by atoms with Gasteiger partial charge in [0.15, 0.2) is 0 Å². The zero-order valence-corrected chi connectivity index (χ0v) is 19.8. The molecule has 2 aromatic rings. The van der Waals surface area contributed by atoms with Gasteiger partial charge in [0, 0.05) is 0 Å². The Bertz CT molecular complexity index is 853. The van der Waals surface area contributed by atoms with E-state index in [1.54, 1.807) is 0 Å². The van der Waals surface area contributed by atoms with E-state index >= 15 is 0 Å². The summed E-state index contributed by atoms with van der Waals surface area (Å²) in [5.41, 5.74) is 5.00. The van der Waals surface area contributed by atoms with Gasteiger partial charge in [0.05, 0.1) is 0 Å². The number of carbonyl (C=O) groups excluding carboxylic acids is 1. The van der Waals surface area contributed by atoms with Gasteiger partial charge in [-0.15, -0.1) is 0 Å². The molecule has 1 aliphatic carbocycles. The average molecular weight is 443 g/mol. The fraction of sp³-hybridized carbons (Fsp3) is 0.350. The van der Waals surface area contributed by atoms with E-state index in [0.29, 0.717) is 6.42 Å². The molecule has 3 rings (SSSR count). The number of halogens is 2. The topological polar surface area (TPSA) is 29.1 Å². The molecule has 0 heterocycles. The zero-order valence-electron chi connectivity index (χ0n) is 15.6. The fourth-order valence-corrected chi connectivity index (χ4v) is 16.1. The van der Waals surface area contributed by atoms with Crippen molar-refractivity contribution in [2.75, 3.05) is 0 Å². The van der Waals surface area contributed by atoms with Crippen LogP contribution in [0.15, 0.2) is 42.5 Å². The number of amides is 1. The van der Waals surface area contributed by atoms with E-state index < -0.39 is 19.4 Å². The molecule has 0 spiro atoms. The van der Waals surface area contributed by atoms with Crippen LogP contribution in [0.3, 0.4) is 0 Å². The fourth-order valence-electron chi connectivity index (χ4n) is 3.76. The van der Waals surface area contributed by atoms with Gasteiger partial charge < -0.3 is 0 Å². The monoisotopic (exact) mass is 442 g/mol. The van der Waals surface area contributed by atoms with E-state index in [1.165, 1.54) is 22.3 Å². The molecule has 0 fully saturated rings. The molecule has 1 amide bonds. The Kier molecular flexibility index (Phi) is 5.77. The van der Waals surface area contributed by atoms with Crippen molar-refractivity contribution in [3.63, 3.8) is 0 Å². The van der Waals surface area contributed by atoms with Crippen LogP contribution in [0.25, 0.3) is 11.1 Å². The van der Waals surface area contributed by atoms with Crippen LogP contribution in [0, 0.1) is 0 Å². The predicted octanol–water partition coefficient (Wildman–Crippen LogP) is 5.09. The normalized spacial score (nSPS) is 14.5. The van der Waals surface area contributed by atoms with Crippen molar-refractivity contribution in [1.29, 1.82) is 0 Å². The summed E-state index contributed by atoms with van der Waals surface area (Å²) in [5.74, 6) is 0.00293. The zero-order chi connectivity index (χ0) is 19.0. The quantitative estimate of drug-likeness (QED) is 0.529. The first-order chi connectivity index (χ1) is 12.3. The number of nitrogens with one attached hydrogen (secondary N) is 1. The van der Waals surface area contributed by atoms with Gasteiger partial charge in [-0.3, -0.25) is 0 Å². The molecule has 0 unspecified atom stereocenters. The van der Waals surface area contributed by atoms with Gasteiger partial charge in [-0.05, 0) is 0 Å². The van der Waals surface area contributed by atoms with Crippen molar-refractivity contribution in [1.82, 2.24) is 3.80 Å². The number of fused-ring (bicyclic) bond motifs is 3. The van der Waals surface area contributed by atoms with E-state index in [4.69, 9.17) is 18.6 Å². The Morgan fingerprint density at radius 3 is 2.50 bits per heavy atom. The van der Waals surface area contributed by atoms with Crippen LogP contribution < -0.4 is 7.67 Å². The van der Waals surface area contributed by atoms with Crippen LogP contribution in [0.5, 0.6) is 0 Å². The maximum absolute atomic E-state index is 12.6. The van der Waals surface area contributed by atoms with E-state index in [-0.39, 0.29) is 5.91 Å². The summed E-state index contributed by atoms with van der Waals surface area (Å²) in [4.78, 5) is 12.6. The second-order valence-corrected chi connectivity index (χ2v) is 34.9. The molecule has 0 saturated carbocycles. The molecule has 0 aliphatic heterocycles. The van der Waals surface area contributed by atoms with E-state index in [9.17, 15) is 4.79 Å². The Morgan fingerprint density at radius 1 is 1.12 bits per heavy atom. The summed E-state index contributed by atoms with van der Waals surface area (Å²) in [5, 5.41) is 0. The molecule has 1 N–H and O–H groups in total. The van der Waals surface area contributed by atoms with Gasteiger partial charge in [0.1, 0.15) is 0 Å². The van der Waals surface area contributed by atoms with Gasteiger partial charge in [-0.2, -0.15) is 0 Å². The minimum absolute atomic E-state index is 0.00293. The predicted molar refractivity (Wildman–Crippen MR) is 113 cm³/mol. The summed E-state index contributed by atoms with van der Waals surface area (Å²) in [6, 6.07) is 14.7. The van der Waals surface area contributed by atoms with Crippen molar-refractivity contribution in [2.24, 2.45) is 0 Å². The van der Waals surface area contributed by atoms with Gasteiger partial charge in [0.2, 0.25) is 0 Å². The van der Waals surface area contributed by atoms with E-state index in [2.05, 4.69) is 60.2 Å². The Labute approximate surface area is 166 Å². The van der Waals surface area contributed by atoms with Gasteiger partial charge >= 0.3 is 167 Å². The average Bonchev–Trinajstić information content (AvgIpc) is 2.98. The number of carbonyl (C=O) groups is 1. The molecule has 6 heteroatoms. The Morgan fingerprint density at radius 2 is 1.81 bits per heavy atom. The molecule has 2 aromatic carbocycles. The van der Waals surface area contributed by atoms with Crippen molar-refractivity contribution >= 4 is 35.0 Å². The summed E-state index contributed by atoms with van der Waals surface area (Å²) in [6.45, 7) is 4.84. The first-order valence-corrected chi connectivity index (χ1v) is 20.8. The van der Waals surface area contributed by atoms with Crippen LogP contribution in [0.2, 0.25) is 13.1 Å². The first-order valence-electron chi connectivity index (χ1n) is 9.36. The Hall–Kier alpha value is -0.579. The van der Waals surface area contributed by atoms with Crippen molar-refractivity contribution in [3.05, 3.63) is 53.6 Å². The molecule has 0 aromatic heterocycles.